The van der Waals surface area contributed by atoms with Crippen molar-refractivity contribution >= 4 is 17.7 Å². The van der Waals surface area contributed by atoms with E-state index < -0.39 is 0 Å². The molecular formula is C19H23NO4S. The molecule has 0 saturated heterocycles. The van der Waals surface area contributed by atoms with Gasteiger partial charge in [-0.15, -0.1) is 11.8 Å². The molecule has 5 nitrogen and oxygen atoms in total. The SMILES string of the molecule is COc1ccc(C(CO)N(C)C(=O)CSc2cccc(OC)c2)cc1. The fourth-order valence-corrected chi connectivity index (χ4v) is 3.26. The largest absolute Gasteiger partial charge is 0.497 e. The molecule has 25 heavy (non-hydrogen) atoms. The van der Waals surface area contributed by atoms with E-state index in [9.17, 15) is 9.90 Å². The highest BCUT2D eigenvalue weighted by Gasteiger charge is 2.21. The maximum atomic E-state index is 12.5. The second-order valence-corrected chi connectivity index (χ2v) is 6.49. The number of hydrogen-bond acceptors (Lipinski definition) is 5. The number of aliphatic hydroxyl groups excluding tert-OH is 1. The summed E-state index contributed by atoms with van der Waals surface area (Å²) in [5.74, 6) is 1.74. The van der Waals surface area contributed by atoms with Gasteiger partial charge in [0.1, 0.15) is 11.5 Å². The molecule has 2 aromatic carbocycles. The molecule has 2 aromatic rings. The number of likely N-dealkylation sites (N-methyl/N-ethyl adjacent to an activating group) is 1. The average molecular weight is 361 g/mol. The summed E-state index contributed by atoms with van der Waals surface area (Å²) in [7, 11) is 4.92. The summed E-state index contributed by atoms with van der Waals surface area (Å²) >= 11 is 1.44. The van der Waals surface area contributed by atoms with E-state index in [1.54, 1.807) is 26.2 Å². The summed E-state index contributed by atoms with van der Waals surface area (Å²) in [5.41, 5.74) is 0.866. The third-order valence-corrected chi connectivity index (χ3v) is 4.92. The number of rotatable bonds is 8. The molecule has 1 atom stereocenters. The second kappa shape index (κ2) is 9.34. The topological polar surface area (TPSA) is 59.0 Å². The number of benzene rings is 2. The predicted molar refractivity (Wildman–Crippen MR) is 99.3 cm³/mol. The van der Waals surface area contributed by atoms with Crippen molar-refractivity contribution in [2.45, 2.75) is 10.9 Å². The Labute approximate surface area is 152 Å². The molecule has 0 aliphatic rings. The van der Waals surface area contributed by atoms with Gasteiger partial charge < -0.3 is 19.5 Å². The van der Waals surface area contributed by atoms with E-state index in [-0.39, 0.29) is 24.3 Å². The minimum absolute atomic E-state index is 0.0531. The first-order chi connectivity index (χ1) is 12.1. The van der Waals surface area contributed by atoms with Gasteiger partial charge in [-0.1, -0.05) is 18.2 Å². The number of aliphatic hydroxyl groups is 1. The molecule has 0 heterocycles. The van der Waals surface area contributed by atoms with Gasteiger partial charge in [0.15, 0.2) is 0 Å². The van der Waals surface area contributed by atoms with Gasteiger partial charge >= 0.3 is 0 Å². The highest BCUT2D eigenvalue weighted by Crippen LogP contribution is 2.26. The molecule has 0 saturated carbocycles. The summed E-state index contributed by atoms with van der Waals surface area (Å²) in [4.78, 5) is 15.0. The van der Waals surface area contributed by atoms with Crippen LogP contribution in [-0.4, -0.2) is 49.5 Å². The number of amides is 1. The van der Waals surface area contributed by atoms with Gasteiger partial charge in [0.05, 0.1) is 32.6 Å². The predicted octanol–water partition coefficient (Wildman–Crippen LogP) is 2.99. The Hall–Kier alpha value is -2.18. The van der Waals surface area contributed by atoms with Crippen LogP contribution < -0.4 is 9.47 Å². The molecule has 134 valence electrons. The first-order valence-electron chi connectivity index (χ1n) is 7.86. The maximum Gasteiger partial charge on any atom is 0.233 e. The van der Waals surface area contributed by atoms with E-state index in [4.69, 9.17) is 9.47 Å². The van der Waals surface area contributed by atoms with Gasteiger partial charge in [-0.2, -0.15) is 0 Å². The number of thioether (sulfide) groups is 1. The summed E-state index contributed by atoms with van der Waals surface area (Å²) in [6.45, 7) is -0.140. The van der Waals surface area contributed by atoms with Crippen molar-refractivity contribution in [3.8, 4) is 11.5 Å². The zero-order valence-corrected chi connectivity index (χ0v) is 15.5. The van der Waals surface area contributed by atoms with E-state index in [1.165, 1.54) is 11.8 Å². The zero-order valence-electron chi connectivity index (χ0n) is 14.6. The van der Waals surface area contributed by atoms with Crippen LogP contribution in [0.15, 0.2) is 53.4 Å². The van der Waals surface area contributed by atoms with Gasteiger partial charge in [0.25, 0.3) is 0 Å². The van der Waals surface area contributed by atoms with E-state index in [0.29, 0.717) is 0 Å². The molecule has 2 rings (SSSR count). The van der Waals surface area contributed by atoms with Gasteiger partial charge in [0, 0.05) is 11.9 Å². The number of nitrogens with zero attached hydrogens (tertiary/aromatic N) is 1. The van der Waals surface area contributed by atoms with Crippen LogP contribution in [0.4, 0.5) is 0 Å². The number of carbonyl (C=O) groups is 1. The Kier molecular flexibility index (Phi) is 7.16. The highest BCUT2D eigenvalue weighted by atomic mass is 32.2. The molecule has 0 aliphatic carbocycles. The monoisotopic (exact) mass is 361 g/mol. The van der Waals surface area contributed by atoms with Crippen LogP contribution in [0.3, 0.4) is 0 Å². The smallest absolute Gasteiger partial charge is 0.233 e. The van der Waals surface area contributed by atoms with Crippen LogP contribution in [0.1, 0.15) is 11.6 Å². The average Bonchev–Trinajstić information content (AvgIpc) is 2.67. The van der Waals surface area contributed by atoms with Crippen molar-refractivity contribution in [3.63, 3.8) is 0 Å². The van der Waals surface area contributed by atoms with Gasteiger partial charge in [0.2, 0.25) is 5.91 Å². The van der Waals surface area contributed by atoms with Crippen molar-refractivity contribution in [2.24, 2.45) is 0 Å². The second-order valence-electron chi connectivity index (χ2n) is 5.44. The van der Waals surface area contributed by atoms with E-state index in [1.807, 2.05) is 48.5 Å². The summed E-state index contributed by atoms with van der Waals surface area (Å²) in [5, 5.41) is 9.73. The fourth-order valence-electron chi connectivity index (χ4n) is 2.39. The van der Waals surface area contributed by atoms with Crippen molar-refractivity contribution < 1.29 is 19.4 Å². The first kappa shape index (κ1) is 19.1. The van der Waals surface area contributed by atoms with Gasteiger partial charge in [-0.3, -0.25) is 4.79 Å². The number of carbonyl (C=O) groups excluding carboxylic acids is 1. The third-order valence-electron chi connectivity index (χ3n) is 3.94. The molecule has 0 radical (unpaired) electrons. The maximum absolute atomic E-state index is 12.5. The van der Waals surface area contributed by atoms with E-state index in [2.05, 4.69) is 0 Å². The molecule has 6 heteroatoms. The lowest BCUT2D eigenvalue weighted by Gasteiger charge is -2.27. The lowest BCUT2D eigenvalue weighted by atomic mass is 10.1. The molecule has 0 spiro atoms. The summed E-state index contributed by atoms with van der Waals surface area (Å²) in [6.07, 6.45) is 0. The Morgan fingerprint density at radius 2 is 1.80 bits per heavy atom. The van der Waals surface area contributed by atoms with Crippen LogP contribution in [0.5, 0.6) is 11.5 Å². The summed E-state index contributed by atoms with van der Waals surface area (Å²) < 4.78 is 10.3. The number of methoxy groups -OCH3 is 2. The molecule has 0 aromatic heterocycles. The molecule has 0 aliphatic heterocycles. The number of hydrogen-bond donors (Lipinski definition) is 1. The first-order valence-corrected chi connectivity index (χ1v) is 8.85. The molecule has 1 N–H and O–H groups in total. The highest BCUT2D eigenvalue weighted by molar-refractivity contribution is 8.00. The van der Waals surface area contributed by atoms with Crippen molar-refractivity contribution in [1.29, 1.82) is 0 Å². The molecule has 0 fully saturated rings. The molecule has 1 amide bonds. The van der Waals surface area contributed by atoms with Crippen molar-refractivity contribution in [1.82, 2.24) is 4.90 Å². The van der Waals surface area contributed by atoms with Crippen LogP contribution >= 0.6 is 11.8 Å². The lowest BCUT2D eigenvalue weighted by Crippen LogP contribution is -2.34. The normalized spacial score (nSPS) is 11.7. The van der Waals surface area contributed by atoms with Crippen LogP contribution in [0, 0.1) is 0 Å². The standard InChI is InChI=1S/C19H23NO4S/c1-20(18(12-21)14-7-9-15(23-2)10-8-14)19(22)13-25-17-6-4-5-16(11-17)24-3/h4-11,18,21H,12-13H2,1-3H3. The Morgan fingerprint density at radius 1 is 1.12 bits per heavy atom. The minimum Gasteiger partial charge on any atom is -0.497 e. The van der Waals surface area contributed by atoms with E-state index in [0.717, 1.165) is 22.0 Å². The van der Waals surface area contributed by atoms with E-state index >= 15 is 0 Å². The number of ether oxygens (including phenoxy) is 2. The van der Waals surface area contributed by atoms with Gasteiger partial charge in [-0.25, -0.2) is 0 Å². The minimum atomic E-state index is -0.385. The van der Waals surface area contributed by atoms with Gasteiger partial charge in [-0.05, 0) is 35.9 Å². The Balaban J connectivity index is 2.00. The third kappa shape index (κ3) is 5.14. The lowest BCUT2D eigenvalue weighted by molar-refractivity contribution is -0.130. The van der Waals surface area contributed by atoms with Crippen LogP contribution in [0.25, 0.3) is 0 Å². The Morgan fingerprint density at radius 3 is 2.40 bits per heavy atom. The summed E-state index contributed by atoms with van der Waals surface area (Å²) in [6, 6.07) is 14.6. The molecular weight excluding hydrogens is 338 g/mol. The Bertz CT molecular complexity index is 690. The van der Waals surface area contributed by atoms with Crippen LogP contribution in [0.2, 0.25) is 0 Å². The van der Waals surface area contributed by atoms with Crippen molar-refractivity contribution in [2.75, 3.05) is 33.6 Å². The van der Waals surface area contributed by atoms with Crippen LogP contribution in [-0.2, 0) is 4.79 Å². The van der Waals surface area contributed by atoms with Crippen molar-refractivity contribution in [3.05, 3.63) is 54.1 Å². The molecule has 0 bridgehead atoms. The zero-order chi connectivity index (χ0) is 18.2. The quantitative estimate of drug-likeness (QED) is 0.733. The fraction of sp³-hybridized carbons (Fsp3) is 0.316. The molecule has 1 unspecified atom stereocenters.